The molecule has 0 bridgehead atoms. The van der Waals surface area contributed by atoms with Crippen LogP contribution in [0.2, 0.25) is 5.02 Å². The molecular formula is C14H13ClNNaO3. The van der Waals surface area contributed by atoms with E-state index in [1.165, 1.54) is 0 Å². The predicted octanol–water partition coefficient (Wildman–Crippen LogP) is -0.171. The summed E-state index contributed by atoms with van der Waals surface area (Å²) in [5.74, 6) is -1.21. The normalized spacial score (nSPS) is 9.95. The van der Waals surface area contributed by atoms with E-state index in [-0.39, 0.29) is 36.5 Å². The van der Waals surface area contributed by atoms with E-state index in [0.29, 0.717) is 21.8 Å². The molecule has 0 fully saturated rings. The number of aryl methyl sites for hydroxylation is 1. The number of rotatable bonds is 2. The van der Waals surface area contributed by atoms with Gasteiger partial charge < -0.3 is 11.1 Å². The summed E-state index contributed by atoms with van der Waals surface area (Å²) < 4.78 is 1.63. The monoisotopic (exact) mass is 301 g/mol. The molecule has 20 heavy (non-hydrogen) atoms. The van der Waals surface area contributed by atoms with Crippen molar-refractivity contribution >= 4 is 17.6 Å². The Bertz CT molecular complexity index is 713. The first kappa shape index (κ1) is 17.0. The second-order valence-electron chi connectivity index (χ2n) is 4.26. The third kappa shape index (κ3) is 3.15. The first-order valence-corrected chi connectivity index (χ1v) is 5.99. The number of carboxylic acid groups (broad SMARTS) is 1. The fourth-order valence-electron chi connectivity index (χ4n) is 1.91. The average Bonchev–Trinajstić information content (AvgIpc) is 2.35. The van der Waals surface area contributed by atoms with Crippen LogP contribution in [0, 0.1) is 6.92 Å². The van der Waals surface area contributed by atoms with Crippen molar-refractivity contribution in [2.45, 2.75) is 6.92 Å². The van der Waals surface area contributed by atoms with E-state index >= 15 is 0 Å². The van der Waals surface area contributed by atoms with E-state index in [4.69, 9.17) is 16.7 Å². The second-order valence-corrected chi connectivity index (χ2v) is 4.69. The van der Waals surface area contributed by atoms with Crippen LogP contribution in [0.3, 0.4) is 0 Å². The molecule has 0 saturated heterocycles. The second kappa shape index (κ2) is 6.59. The van der Waals surface area contributed by atoms with Gasteiger partial charge in [0, 0.05) is 29.5 Å². The van der Waals surface area contributed by atoms with E-state index in [1.807, 2.05) is 0 Å². The number of aromatic nitrogens is 1. The molecule has 6 heteroatoms. The van der Waals surface area contributed by atoms with Gasteiger partial charge in [0.2, 0.25) is 5.43 Å². The topological polar surface area (TPSA) is 59.3 Å². The first-order chi connectivity index (χ1) is 8.91. The van der Waals surface area contributed by atoms with Crippen molar-refractivity contribution in [2.75, 3.05) is 0 Å². The molecule has 0 unspecified atom stereocenters. The molecule has 4 nitrogen and oxygen atoms in total. The van der Waals surface area contributed by atoms with Gasteiger partial charge in [0.15, 0.2) is 0 Å². The predicted molar refractivity (Wildman–Crippen MR) is 74.9 cm³/mol. The van der Waals surface area contributed by atoms with Crippen molar-refractivity contribution in [3.63, 3.8) is 0 Å². The number of pyridine rings is 1. The standard InChI is InChI=1S/C14H12ClNO3.Na.H/c1-8-12(14(18)19)13(17)11(7-16(8)2)9-3-5-10(15)6-4-9;;/h3-7H,1-2H3,(H,18,19);;/q;+1;-1. The average molecular weight is 302 g/mol. The van der Waals surface area contributed by atoms with Gasteiger partial charge in [-0.2, -0.15) is 0 Å². The summed E-state index contributed by atoms with van der Waals surface area (Å²) in [4.78, 5) is 23.4. The Balaban J connectivity index is 0.00000200. The molecule has 1 aromatic carbocycles. The van der Waals surface area contributed by atoms with Gasteiger partial charge in [-0.25, -0.2) is 4.79 Å². The minimum atomic E-state index is -1.21. The van der Waals surface area contributed by atoms with E-state index in [1.54, 1.807) is 49.0 Å². The fraction of sp³-hybridized carbons (Fsp3) is 0.143. The number of aromatic carboxylic acids is 1. The maximum absolute atomic E-state index is 12.2. The number of nitrogens with zero attached hydrogens (tertiary/aromatic N) is 1. The summed E-state index contributed by atoms with van der Waals surface area (Å²) in [7, 11) is 1.71. The summed E-state index contributed by atoms with van der Waals surface area (Å²) in [5, 5.41) is 9.71. The molecule has 0 radical (unpaired) electrons. The third-order valence-corrected chi connectivity index (χ3v) is 3.31. The molecule has 1 heterocycles. The van der Waals surface area contributed by atoms with Crippen molar-refractivity contribution in [2.24, 2.45) is 7.05 Å². The maximum Gasteiger partial charge on any atom is 1.00 e. The molecule has 0 aliphatic carbocycles. The summed E-state index contributed by atoms with van der Waals surface area (Å²) in [5.41, 5.74) is 0.741. The van der Waals surface area contributed by atoms with E-state index < -0.39 is 11.4 Å². The molecule has 0 saturated carbocycles. The van der Waals surface area contributed by atoms with Crippen molar-refractivity contribution < 1.29 is 40.9 Å². The molecule has 100 valence electrons. The molecule has 0 aliphatic heterocycles. The van der Waals surface area contributed by atoms with E-state index in [2.05, 4.69) is 0 Å². The van der Waals surface area contributed by atoms with Gasteiger partial charge in [-0.3, -0.25) is 4.79 Å². The van der Waals surface area contributed by atoms with Crippen LogP contribution < -0.4 is 35.0 Å². The molecule has 0 spiro atoms. The number of halogens is 1. The summed E-state index contributed by atoms with van der Waals surface area (Å²) in [6.45, 7) is 1.61. The fourth-order valence-corrected chi connectivity index (χ4v) is 2.04. The summed E-state index contributed by atoms with van der Waals surface area (Å²) in [6.07, 6.45) is 1.63. The summed E-state index contributed by atoms with van der Waals surface area (Å²) >= 11 is 5.80. The van der Waals surface area contributed by atoms with Crippen LogP contribution >= 0.6 is 11.6 Å². The molecule has 1 aromatic heterocycles. The smallest absolute Gasteiger partial charge is 1.00 e. The van der Waals surface area contributed by atoms with Crippen molar-refractivity contribution in [1.29, 1.82) is 0 Å². The first-order valence-electron chi connectivity index (χ1n) is 5.61. The van der Waals surface area contributed by atoms with Gasteiger partial charge in [-0.05, 0) is 24.6 Å². The van der Waals surface area contributed by atoms with Crippen LogP contribution in [0.15, 0.2) is 35.3 Å². The Labute approximate surface area is 144 Å². The minimum Gasteiger partial charge on any atom is -1.00 e. The van der Waals surface area contributed by atoms with Crippen LogP contribution in [0.25, 0.3) is 11.1 Å². The zero-order chi connectivity index (χ0) is 14.2. The number of carbonyl (C=O) groups is 1. The van der Waals surface area contributed by atoms with Gasteiger partial charge >= 0.3 is 35.5 Å². The largest absolute Gasteiger partial charge is 1.00 e. The molecule has 2 aromatic rings. The number of hydrogen-bond acceptors (Lipinski definition) is 2. The minimum absolute atomic E-state index is 0. The molecule has 0 amide bonds. The summed E-state index contributed by atoms with van der Waals surface area (Å²) in [6, 6.07) is 6.72. The van der Waals surface area contributed by atoms with Crippen molar-refractivity contribution in [3.8, 4) is 11.1 Å². The van der Waals surface area contributed by atoms with Gasteiger partial charge in [0.05, 0.1) is 0 Å². The molecule has 2 rings (SSSR count). The SMILES string of the molecule is Cc1c(C(=O)O)c(=O)c(-c2ccc(Cl)cc2)cn1C.[H-].[Na+]. The zero-order valence-electron chi connectivity index (χ0n) is 12.5. The van der Waals surface area contributed by atoms with Crippen molar-refractivity contribution in [1.82, 2.24) is 4.57 Å². The zero-order valence-corrected chi connectivity index (χ0v) is 14.2. The van der Waals surface area contributed by atoms with Gasteiger partial charge in [-0.15, -0.1) is 0 Å². The molecular weight excluding hydrogens is 289 g/mol. The third-order valence-electron chi connectivity index (χ3n) is 3.05. The Hall–Kier alpha value is -1.07. The van der Waals surface area contributed by atoms with Crippen molar-refractivity contribution in [3.05, 3.63) is 57.0 Å². The number of benzene rings is 1. The van der Waals surface area contributed by atoms with Gasteiger partial charge in [0.1, 0.15) is 5.56 Å². The van der Waals surface area contributed by atoms with Gasteiger partial charge in [0.25, 0.3) is 0 Å². The molecule has 1 N–H and O–H groups in total. The quantitative estimate of drug-likeness (QED) is 0.784. The Morgan fingerprint density at radius 3 is 2.35 bits per heavy atom. The van der Waals surface area contributed by atoms with E-state index in [0.717, 1.165) is 0 Å². The van der Waals surface area contributed by atoms with Crippen LogP contribution in [0.1, 0.15) is 17.5 Å². The molecule has 0 atom stereocenters. The van der Waals surface area contributed by atoms with E-state index in [9.17, 15) is 9.59 Å². The van der Waals surface area contributed by atoms with Crippen LogP contribution in [-0.4, -0.2) is 15.6 Å². The van der Waals surface area contributed by atoms with Crippen LogP contribution in [0.4, 0.5) is 0 Å². The number of carboxylic acids is 1. The Morgan fingerprint density at radius 1 is 1.30 bits per heavy atom. The van der Waals surface area contributed by atoms with Crippen LogP contribution in [0.5, 0.6) is 0 Å². The Kier molecular flexibility index (Phi) is 5.59. The molecule has 0 aliphatic rings. The van der Waals surface area contributed by atoms with Gasteiger partial charge in [-0.1, -0.05) is 23.7 Å². The Morgan fingerprint density at radius 2 is 1.85 bits per heavy atom. The van der Waals surface area contributed by atoms with Crippen LogP contribution in [-0.2, 0) is 7.05 Å². The number of hydrogen-bond donors (Lipinski definition) is 1. The maximum atomic E-state index is 12.2.